The number of hydrogen-bond acceptors (Lipinski definition) is 5. The molecule has 1 aliphatic carbocycles. The fraction of sp³-hybridized carbons (Fsp3) is 0.421. The molecule has 2 heterocycles. The van der Waals surface area contributed by atoms with Gasteiger partial charge < -0.3 is 15.4 Å². The first-order valence-corrected chi connectivity index (χ1v) is 8.81. The standard InChI is InChI=1S/C19H22N4O2/c20-18-17(21-7-8-22-18)16-12-23(9-10-25-16)19(24)15-6-5-13-3-1-2-4-14(13)11-15/h5-8,11,16H,1-4,9-10,12H2,(H2,20,22)/t16-/m0/s1. The van der Waals surface area contributed by atoms with Crippen LogP contribution in [0.3, 0.4) is 0 Å². The summed E-state index contributed by atoms with van der Waals surface area (Å²) in [6.45, 7) is 1.49. The van der Waals surface area contributed by atoms with Gasteiger partial charge in [0.15, 0.2) is 0 Å². The molecule has 1 fully saturated rings. The lowest BCUT2D eigenvalue weighted by atomic mass is 9.90. The van der Waals surface area contributed by atoms with Gasteiger partial charge in [-0.1, -0.05) is 6.07 Å². The third-order valence-electron chi connectivity index (χ3n) is 5.01. The average Bonchev–Trinajstić information content (AvgIpc) is 2.67. The summed E-state index contributed by atoms with van der Waals surface area (Å²) in [7, 11) is 0. The molecule has 130 valence electrons. The number of aromatic nitrogens is 2. The number of hydrogen-bond donors (Lipinski definition) is 1. The van der Waals surface area contributed by atoms with Crippen LogP contribution in [-0.4, -0.2) is 40.5 Å². The number of rotatable bonds is 2. The van der Waals surface area contributed by atoms with Gasteiger partial charge >= 0.3 is 0 Å². The number of carbonyl (C=O) groups excluding carboxylic acids is 1. The van der Waals surface area contributed by atoms with Crippen LogP contribution < -0.4 is 5.73 Å². The summed E-state index contributed by atoms with van der Waals surface area (Å²) in [5.74, 6) is 0.403. The summed E-state index contributed by atoms with van der Waals surface area (Å²) in [5.41, 5.74) is 9.97. The van der Waals surface area contributed by atoms with Crippen LogP contribution in [-0.2, 0) is 17.6 Å². The van der Waals surface area contributed by atoms with Gasteiger partial charge in [-0.25, -0.2) is 4.98 Å². The van der Waals surface area contributed by atoms with E-state index in [0.717, 1.165) is 18.4 Å². The maximum atomic E-state index is 13.0. The van der Waals surface area contributed by atoms with Crippen molar-refractivity contribution < 1.29 is 9.53 Å². The second-order valence-corrected chi connectivity index (χ2v) is 6.63. The number of amides is 1. The molecule has 1 amide bonds. The van der Waals surface area contributed by atoms with E-state index >= 15 is 0 Å². The predicted molar refractivity (Wildman–Crippen MR) is 94.1 cm³/mol. The predicted octanol–water partition coefficient (Wildman–Crippen LogP) is 2.15. The molecule has 2 aromatic rings. The molecule has 2 N–H and O–H groups in total. The van der Waals surface area contributed by atoms with Gasteiger partial charge in [-0.2, -0.15) is 0 Å². The third kappa shape index (κ3) is 3.22. The van der Waals surface area contributed by atoms with E-state index in [4.69, 9.17) is 10.5 Å². The van der Waals surface area contributed by atoms with E-state index in [9.17, 15) is 4.79 Å². The number of nitrogens with zero attached hydrogens (tertiary/aromatic N) is 3. The Balaban J connectivity index is 1.53. The van der Waals surface area contributed by atoms with Crippen molar-refractivity contribution in [2.75, 3.05) is 25.4 Å². The van der Waals surface area contributed by atoms with Crippen LogP contribution in [0.15, 0.2) is 30.6 Å². The van der Waals surface area contributed by atoms with E-state index in [1.807, 2.05) is 11.0 Å². The Hall–Kier alpha value is -2.47. The fourth-order valence-corrected chi connectivity index (χ4v) is 3.66. The molecule has 1 aliphatic heterocycles. The van der Waals surface area contributed by atoms with Gasteiger partial charge in [0.2, 0.25) is 0 Å². The average molecular weight is 338 g/mol. The van der Waals surface area contributed by atoms with Crippen molar-refractivity contribution in [3.63, 3.8) is 0 Å². The Kier molecular flexibility index (Phi) is 4.36. The number of aryl methyl sites for hydroxylation is 2. The van der Waals surface area contributed by atoms with Crippen LogP contribution in [0.1, 0.15) is 46.1 Å². The quantitative estimate of drug-likeness (QED) is 0.907. The molecule has 0 saturated carbocycles. The van der Waals surface area contributed by atoms with Crippen molar-refractivity contribution in [2.45, 2.75) is 31.8 Å². The zero-order chi connectivity index (χ0) is 17.2. The van der Waals surface area contributed by atoms with E-state index in [1.165, 1.54) is 24.0 Å². The largest absolute Gasteiger partial charge is 0.382 e. The number of nitrogen functional groups attached to an aromatic ring is 1. The van der Waals surface area contributed by atoms with Gasteiger partial charge in [0.25, 0.3) is 5.91 Å². The summed E-state index contributed by atoms with van der Waals surface area (Å²) >= 11 is 0. The molecule has 0 radical (unpaired) electrons. The minimum Gasteiger partial charge on any atom is -0.382 e. The van der Waals surface area contributed by atoms with Crippen LogP contribution >= 0.6 is 0 Å². The Morgan fingerprint density at radius 2 is 1.96 bits per heavy atom. The van der Waals surface area contributed by atoms with E-state index in [1.54, 1.807) is 12.4 Å². The van der Waals surface area contributed by atoms with Crippen LogP contribution in [0.4, 0.5) is 5.82 Å². The molecule has 1 atom stereocenters. The fourth-order valence-electron chi connectivity index (χ4n) is 3.66. The highest BCUT2D eigenvalue weighted by Crippen LogP contribution is 2.26. The Morgan fingerprint density at radius 3 is 2.80 bits per heavy atom. The number of carbonyl (C=O) groups is 1. The summed E-state index contributed by atoms with van der Waals surface area (Å²) in [5, 5.41) is 0. The lowest BCUT2D eigenvalue weighted by molar-refractivity contribution is -0.0245. The van der Waals surface area contributed by atoms with Gasteiger partial charge in [0.05, 0.1) is 13.2 Å². The topological polar surface area (TPSA) is 81.3 Å². The SMILES string of the molecule is Nc1nccnc1[C@@H]1CN(C(=O)c2ccc3c(c2)CCCC3)CCO1. The molecule has 0 bridgehead atoms. The summed E-state index contributed by atoms with van der Waals surface area (Å²) in [6, 6.07) is 6.13. The first kappa shape index (κ1) is 16.0. The zero-order valence-corrected chi connectivity index (χ0v) is 14.1. The molecule has 1 saturated heterocycles. The smallest absolute Gasteiger partial charge is 0.254 e. The molecule has 6 heteroatoms. The number of anilines is 1. The lowest BCUT2D eigenvalue weighted by Gasteiger charge is -2.33. The first-order valence-electron chi connectivity index (χ1n) is 8.81. The molecule has 2 aliphatic rings. The van der Waals surface area contributed by atoms with Crippen LogP contribution in [0.2, 0.25) is 0 Å². The highest BCUT2D eigenvalue weighted by atomic mass is 16.5. The summed E-state index contributed by atoms with van der Waals surface area (Å²) in [6.07, 6.45) is 7.45. The molecule has 4 rings (SSSR count). The van der Waals surface area contributed by atoms with E-state index < -0.39 is 0 Å². The van der Waals surface area contributed by atoms with Crippen molar-refractivity contribution in [3.8, 4) is 0 Å². The Morgan fingerprint density at radius 1 is 1.16 bits per heavy atom. The number of benzene rings is 1. The molecular formula is C19H22N4O2. The monoisotopic (exact) mass is 338 g/mol. The highest BCUT2D eigenvalue weighted by Gasteiger charge is 2.28. The van der Waals surface area contributed by atoms with Gasteiger partial charge in [0.1, 0.15) is 17.6 Å². The number of ether oxygens (including phenoxy) is 1. The Labute approximate surface area is 147 Å². The van der Waals surface area contributed by atoms with Crippen molar-refractivity contribution in [2.24, 2.45) is 0 Å². The number of fused-ring (bicyclic) bond motifs is 1. The van der Waals surface area contributed by atoms with Gasteiger partial charge in [-0.15, -0.1) is 0 Å². The third-order valence-corrected chi connectivity index (χ3v) is 5.01. The van der Waals surface area contributed by atoms with Crippen LogP contribution in [0, 0.1) is 0 Å². The van der Waals surface area contributed by atoms with E-state index in [0.29, 0.717) is 31.2 Å². The maximum Gasteiger partial charge on any atom is 0.254 e. The summed E-state index contributed by atoms with van der Waals surface area (Å²) in [4.78, 5) is 23.1. The van der Waals surface area contributed by atoms with Crippen molar-refractivity contribution in [1.82, 2.24) is 14.9 Å². The van der Waals surface area contributed by atoms with E-state index in [-0.39, 0.29) is 12.0 Å². The normalized spacial score (nSPS) is 20.2. The molecule has 25 heavy (non-hydrogen) atoms. The van der Waals surface area contributed by atoms with Gasteiger partial charge in [-0.05, 0) is 48.9 Å². The molecule has 6 nitrogen and oxygen atoms in total. The zero-order valence-electron chi connectivity index (χ0n) is 14.1. The molecule has 1 aromatic heterocycles. The van der Waals surface area contributed by atoms with Gasteiger partial charge in [0, 0.05) is 24.5 Å². The van der Waals surface area contributed by atoms with Crippen molar-refractivity contribution in [3.05, 3.63) is 53.0 Å². The minimum absolute atomic E-state index is 0.0455. The number of nitrogens with two attached hydrogens (primary N) is 1. The van der Waals surface area contributed by atoms with Crippen molar-refractivity contribution >= 4 is 11.7 Å². The lowest BCUT2D eigenvalue weighted by Crippen LogP contribution is -2.42. The molecular weight excluding hydrogens is 316 g/mol. The molecule has 1 aromatic carbocycles. The highest BCUT2D eigenvalue weighted by molar-refractivity contribution is 5.94. The number of morpholine rings is 1. The second kappa shape index (κ2) is 6.80. The van der Waals surface area contributed by atoms with E-state index in [2.05, 4.69) is 22.1 Å². The second-order valence-electron chi connectivity index (χ2n) is 6.63. The summed E-state index contributed by atoms with van der Waals surface area (Å²) < 4.78 is 5.78. The molecule has 0 unspecified atom stereocenters. The first-order chi connectivity index (χ1) is 12.2. The van der Waals surface area contributed by atoms with Crippen LogP contribution in [0.5, 0.6) is 0 Å². The van der Waals surface area contributed by atoms with Crippen molar-refractivity contribution in [1.29, 1.82) is 0 Å². The minimum atomic E-state index is -0.330. The maximum absolute atomic E-state index is 13.0. The molecule has 0 spiro atoms. The van der Waals surface area contributed by atoms with Crippen LogP contribution in [0.25, 0.3) is 0 Å². The van der Waals surface area contributed by atoms with Gasteiger partial charge in [-0.3, -0.25) is 9.78 Å². The Bertz CT molecular complexity index is 793.